The third-order valence-electron chi connectivity index (χ3n) is 12.4. The van der Waals surface area contributed by atoms with Gasteiger partial charge in [-0.15, -0.1) is 0 Å². The Balaban J connectivity index is 1.30. The molecule has 0 atom stereocenters. The minimum absolute atomic E-state index is 0.0417. The Morgan fingerprint density at radius 2 is 0.594 bits per heavy atom. The molecule has 64 heavy (non-hydrogen) atoms. The Hall–Kier alpha value is -6.12. The highest BCUT2D eigenvalue weighted by molar-refractivity contribution is 8.26. The van der Waals surface area contributed by atoms with Gasteiger partial charge in [-0.25, -0.2) is 0 Å². The maximum absolute atomic E-state index is 15.5. The second-order valence-electron chi connectivity index (χ2n) is 16.1. The van der Waals surface area contributed by atoms with E-state index in [1.165, 1.54) is 0 Å². The molecule has 1 aliphatic rings. The lowest BCUT2D eigenvalue weighted by Crippen LogP contribution is -2.53. The zero-order valence-corrected chi connectivity index (χ0v) is 38.5. The van der Waals surface area contributed by atoms with E-state index in [1.54, 1.807) is 12.2 Å². The number of benzene rings is 8. The number of ketones is 2. The van der Waals surface area contributed by atoms with Crippen LogP contribution in [0, 0.1) is 11.8 Å². The molecular formula is C58H46O2P2S2. The van der Waals surface area contributed by atoms with Crippen LogP contribution >= 0.6 is 12.1 Å². The van der Waals surface area contributed by atoms with Crippen LogP contribution in [0.25, 0.3) is 12.2 Å². The van der Waals surface area contributed by atoms with Crippen molar-refractivity contribution in [2.75, 3.05) is 0 Å². The molecule has 1 saturated carbocycles. The van der Waals surface area contributed by atoms with Crippen LogP contribution in [-0.4, -0.2) is 11.6 Å². The summed E-state index contributed by atoms with van der Waals surface area (Å²) in [5.74, 6) is -2.33. The maximum atomic E-state index is 15.5. The monoisotopic (exact) mass is 900 g/mol. The van der Waals surface area contributed by atoms with Crippen molar-refractivity contribution < 1.29 is 9.59 Å². The van der Waals surface area contributed by atoms with E-state index in [9.17, 15) is 0 Å². The SMILES string of the molecule is O=C(/C=C/c1ccccc1)C1C(c2ccccc2P(=S)(c2ccccc2)c2ccccc2)C(C(=O)/C=C/c2ccccc2)C1c1ccccc1P(=S)(c1ccccc1)c1ccccc1. The average molecular weight is 901 g/mol. The molecule has 0 bridgehead atoms. The van der Waals surface area contributed by atoms with Crippen molar-refractivity contribution in [1.29, 1.82) is 0 Å². The maximum Gasteiger partial charge on any atom is 0.160 e. The van der Waals surface area contributed by atoms with E-state index in [-0.39, 0.29) is 11.6 Å². The molecule has 8 aromatic rings. The summed E-state index contributed by atoms with van der Waals surface area (Å²) >= 11 is 14.0. The second kappa shape index (κ2) is 19.3. The molecule has 2 nitrogen and oxygen atoms in total. The van der Waals surface area contributed by atoms with Crippen LogP contribution in [0.4, 0.5) is 0 Å². The van der Waals surface area contributed by atoms with Crippen molar-refractivity contribution in [3.05, 3.63) is 265 Å². The third kappa shape index (κ3) is 8.36. The fourth-order valence-corrected chi connectivity index (χ4v) is 17.8. The predicted octanol–water partition coefficient (Wildman–Crippen LogP) is 10.9. The smallest absolute Gasteiger partial charge is 0.160 e. The van der Waals surface area contributed by atoms with Crippen LogP contribution in [0.1, 0.15) is 34.1 Å². The minimum atomic E-state index is -2.73. The normalized spacial score (nSPS) is 17.5. The van der Waals surface area contributed by atoms with E-state index in [4.69, 9.17) is 23.6 Å². The molecule has 0 N–H and O–H groups in total. The zero-order valence-electron chi connectivity index (χ0n) is 35.1. The minimum Gasteiger partial charge on any atom is -0.294 e. The van der Waals surface area contributed by atoms with Crippen molar-refractivity contribution in [2.24, 2.45) is 11.8 Å². The standard InChI is InChI=1S/C58H46O2P2S2/c59-51(41-39-43-23-7-1-8-24-43)57-55(49-35-19-21-37-53(49)61(63,45-27-11-3-12-28-45)46-29-13-4-14-30-46)58(52(60)42-40-44-25-9-2-10-26-44)56(57)50-36-20-22-38-54(50)62(64,47-31-15-5-16-32-47)48-33-17-6-18-34-48/h1-42,55-58H/b41-39+,42-40+. The molecule has 9 rings (SSSR count). The fourth-order valence-electron chi connectivity index (χ4n) is 9.46. The summed E-state index contributed by atoms with van der Waals surface area (Å²) < 4.78 is 0. The van der Waals surface area contributed by atoms with E-state index >= 15 is 9.59 Å². The van der Waals surface area contributed by atoms with Gasteiger partial charge in [0.15, 0.2) is 11.6 Å². The average Bonchev–Trinajstić information content (AvgIpc) is 3.36. The third-order valence-corrected chi connectivity index (χ3v) is 22.4. The van der Waals surface area contributed by atoms with Gasteiger partial charge in [-0.05, 0) is 66.2 Å². The Morgan fingerprint density at radius 3 is 0.891 bits per heavy atom. The molecule has 0 amide bonds. The number of carbonyl (C=O) groups excluding carboxylic acids is 2. The molecule has 6 heteroatoms. The molecule has 8 aromatic carbocycles. The molecule has 1 aliphatic carbocycles. The first-order valence-electron chi connectivity index (χ1n) is 21.5. The quantitative estimate of drug-likeness (QED) is 0.0804. The van der Waals surface area contributed by atoms with Gasteiger partial charge in [0.25, 0.3) is 0 Å². The molecule has 0 aromatic heterocycles. The van der Waals surface area contributed by atoms with E-state index in [2.05, 4.69) is 72.8 Å². The van der Waals surface area contributed by atoms with Crippen molar-refractivity contribution >= 4 is 91.2 Å². The first-order valence-corrected chi connectivity index (χ1v) is 27.1. The molecule has 1 fully saturated rings. The topological polar surface area (TPSA) is 34.1 Å². The Labute approximate surface area is 387 Å². The summed E-state index contributed by atoms with van der Waals surface area (Å²) in [7, 11) is 0. The summed E-state index contributed by atoms with van der Waals surface area (Å²) in [4.78, 5) is 30.9. The summed E-state index contributed by atoms with van der Waals surface area (Å²) in [6, 6.07) is 72.5. The van der Waals surface area contributed by atoms with Gasteiger partial charge in [-0.1, -0.05) is 266 Å². The number of allylic oxidation sites excluding steroid dienone is 2. The van der Waals surface area contributed by atoms with Crippen LogP contribution in [0.3, 0.4) is 0 Å². The Morgan fingerprint density at radius 1 is 0.344 bits per heavy atom. The number of rotatable bonds is 14. The first-order chi connectivity index (χ1) is 31.4. The molecular weight excluding hydrogens is 855 g/mol. The van der Waals surface area contributed by atoms with E-state index < -0.39 is 35.7 Å². The Kier molecular flexibility index (Phi) is 13.0. The summed E-state index contributed by atoms with van der Waals surface area (Å²) in [5, 5.41) is 6.19. The van der Waals surface area contributed by atoms with E-state index in [0.29, 0.717) is 0 Å². The lowest BCUT2D eigenvalue weighted by molar-refractivity contribution is -0.132. The predicted molar refractivity (Wildman–Crippen MR) is 278 cm³/mol. The van der Waals surface area contributed by atoms with Crippen LogP contribution in [0.15, 0.2) is 243 Å². The van der Waals surface area contributed by atoms with Crippen LogP contribution in [0.2, 0.25) is 0 Å². The molecule has 0 unspecified atom stereocenters. The Bertz CT molecular complexity index is 2740. The molecule has 0 heterocycles. The molecule has 312 valence electrons. The number of carbonyl (C=O) groups is 2. The second-order valence-corrected chi connectivity index (χ2v) is 24.8. The number of hydrogen-bond donors (Lipinski definition) is 0. The van der Waals surface area contributed by atoms with Crippen LogP contribution < -0.4 is 31.8 Å². The van der Waals surface area contributed by atoms with Crippen LogP contribution in [0.5, 0.6) is 0 Å². The van der Waals surface area contributed by atoms with E-state index in [1.807, 2.05) is 170 Å². The highest BCUT2D eigenvalue weighted by Crippen LogP contribution is 2.61. The van der Waals surface area contributed by atoms with Gasteiger partial charge in [0.2, 0.25) is 0 Å². The fraction of sp³-hybridized carbons (Fsp3) is 0.0690. The van der Waals surface area contributed by atoms with Crippen molar-refractivity contribution in [2.45, 2.75) is 11.8 Å². The van der Waals surface area contributed by atoms with Gasteiger partial charge >= 0.3 is 0 Å². The highest BCUT2D eigenvalue weighted by atomic mass is 32.4. The van der Waals surface area contributed by atoms with Gasteiger partial charge in [-0.2, -0.15) is 0 Å². The van der Waals surface area contributed by atoms with Gasteiger partial charge in [0.1, 0.15) is 0 Å². The van der Waals surface area contributed by atoms with Gasteiger partial charge < -0.3 is 0 Å². The van der Waals surface area contributed by atoms with Gasteiger partial charge in [0, 0.05) is 35.7 Å². The van der Waals surface area contributed by atoms with Gasteiger partial charge in [0.05, 0.1) is 0 Å². The van der Waals surface area contributed by atoms with Crippen LogP contribution in [-0.2, 0) is 33.2 Å². The molecule has 0 saturated heterocycles. The lowest BCUT2D eigenvalue weighted by atomic mass is 9.50. The van der Waals surface area contributed by atoms with Crippen molar-refractivity contribution in [1.82, 2.24) is 0 Å². The molecule has 0 aliphatic heterocycles. The van der Waals surface area contributed by atoms with Crippen molar-refractivity contribution in [3.63, 3.8) is 0 Å². The van der Waals surface area contributed by atoms with E-state index in [0.717, 1.165) is 54.1 Å². The number of hydrogen-bond acceptors (Lipinski definition) is 4. The lowest BCUT2D eigenvalue weighted by Gasteiger charge is -2.52. The first kappa shape index (κ1) is 43.1. The molecule has 0 spiro atoms. The highest BCUT2D eigenvalue weighted by Gasteiger charge is 2.58. The summed E-state index contributed by atoms with van der Waals surface area (Å²) in [5.41, 5.74) is 3.73. The van der Waals surface area contributed by atoms with Crippen molar-refractivity contribution in [3.8, 4) is 0 Å². The summed E-state index contributed by atoms with van der Waals surface area (Å²) in [6.45, 7) is 0. The largest absolute Gasteiger partial charge is 0.294 e. The molecule has 0 radical (unpaired) electrons. The van der Waals surface area contributed by atoms with Gasteiger partial charge in [-0.3, -0.25) is 9.59 Å². The zero-order chi connectivity index (χ0) is 43.9. The summed E-state index contributed by atoms with van der Waals surface area (Å²) in [6.07, 6.45) is 7.24.